The molecule has 0 aliphatic heterocycles. The molecule has 29 heavy (non-hydrogen) atoms. The summed E-state index contributed by atoms with van der Waals surface area (Å²) in [6.07, 6.45) is -23.7. The number of hydrogen-bond donors (Lipinski definition) is 1. The summed E-state index contributed by atoms with van der Waals surface area (Å²) in [5.41, 5.74) is 0. The first kappa shape index (κ1) is 27.2. The lowest BCUT2D eigenvalue weighted by Gasteiger charge is -2.40. The summed E-state index contributed by atoms with van der Waals surface area (Å²) in [6.45, 7) is 0. The van der Waals surface area contributed by atoms with E-state index in [1.807, 2.05) is 0 Å². The number of aliphatic carboxylic acids is 1. The van der Waals surface area contributed by atoms with Crippen LogP contribution in [0.1, 0.15) is 0 Å². The number of ether oxygens (including phenoxy) is 1. The summed E-state index contributed by atoms with van der Waals surface area (Å²) < 4.78 is 215. The highest BCUT2D eigenvalue weighted by Gasteiger charge is 2.90. The SMILES string of the molecule is O=C(O)C(F)(F)C(F)(OC(F)(F)C(F)(F)C(F)(F)C(F)(F)C(F)(F)F)C(F)(F)F. The fourth-order valence-electron chi connectivity index (χ4n) is 1.24. The molecule has 0 radical (unpaired) electrons. The predicted molar refractivity (Wildman–Crippen MR) is 49.4 cm³/mol. The maximum absolute atomic E-state index is 13.3. The van der Waals surface area contributed by atoms with Crippen molar-refractivity contribution in [3.8, 4) is 0 Å². The monoisotopic (exact) mass is 480 g/mol. The van der Waals surface area contributed by atoms with Crippen LogP contribution in [0.2, 0.25) is 0 Å². The summed E-state index contributed by atoms with van der Waals surface area (Å²) in [5, 5.41) is 7.72. The molecule has 20 heteroatoms. The molecule has 0 spiro atoms. The Labute approximate surface area is 145 Å². The van der Waals surface area contributed by atoms with E-state index in [2.05, 4.69) is 0 Å². The number of carboxylic acids is 1. The lowest BCUT2D eigenvalue weighted by molar-refractivity contribution is -0.511. The van der Waals surface area contributed by atoms with Gasteiger partial charge in [-0.15, -0.1) is 0 Å². The van der Waals surface area contributed by atoms with Crippen molar-refractivity contribution >= 4 is 5.97 Å². The van der Waals surface area contributed by atoms with Gasteiger partial charge in [-0.2, -0.15) is 74.6 Å². The van der Waals surface area contributed by atoms with Gasteiger partial charge < -0.3 is 5.11 Å². The molecule has 0 heterocycles. The van der Waals surface area contributed by atoms with Crippen molar-refractivity contribution in [1.82, 2.24) is 0 Å². The minimum Gasteiger partial charge on any atom is -0.477 e. The van der Waals surface area contributed by atoms with Gasteiger partial charge >= 0.3 is 54.0 Å². The Morgan fingerprint density at radius 2 is 0.897 bits per heavy atom. The van der Waals surface area contributed by atoms with Gasteiger partial charge in [0.05, 0.1) is 0 Å². The molecule has 174 valence electrons. The van der Waals surface area contributed by atoms with Crippen molar-refractivity contribution in [3.05, 3.63) is 0 Å². The number of alkyl halides is 17. The Morgan fingerprint density at radius 3 is 1.14 bits per heavy atom. The summed E-state index contributed by atoms with van der Waals surface area (Å²) in [6, 6.07) is 0. The minimum atomic E-state index is -8.46. The third-order valence-corrected chi connectivity index (χ3v) is 2.82. The van der Waals surface area contributed by atoms with Crippen molar-refractivity contribution in [2.75, 3.05) is 0 Å². The van der Waals surface area contributed by atoms with Gasteiger partial charge in [0.25, 0.3) is 0 Å². The molecule has 0 fully saturated rings. The maximum Gasteiger partial charge on any atom is 0.460 e. The van der Waals surface area contributed by atoms with Crippen molar-refractivity contribution in [2.45, 2.75) is 48.0 Å². The molecular weight excluding hydrogens is 479 g/mol. The van der Waals surface area contributed by atoms with E-state index in [9.17, 15) is 79.4 Å². The zero-order valence-corrected chi connectivity index (χ0v) is 12.2. The smallest absolute Gasteiger partial charge is 0.460 e. The van der Waals surface area contributed by atoms with Crippen LogP contribution in [-0.4, -0.2) is 59.1 Å². The van der Waals surface area contributed by atoms with E-state index in [-0.39, 0.29) is 0 Å². The molecule has 0 aliphatic carbocycles. The van der Waals surface area contributed by atoms with Crippen LogP contribution >= 0.6 is 0 Å². The van der Waals surface area contributed by atoms with Crippen LogP contribution in [0.3, 0.4) is 0 Å². The third-order valence-electron chi connectivity index (χ3n) is 2.82. The second kappa shape index (κ2) is 6.62. The lowest BCUT2D eigenvalue weighted by atomic mass is 10.0. The van der Waals surface area contributed by atoms with Crippen molar-refractivity contribution in [2.24, 2.45) is 0 Å². The summed E-state index contributed by atoms with van der Waals surface area (Å²) in [7, 11) is 0. The van der Waals surface area contributed by atoms with Gasteiger partial charge in [0.1, 0.15) is 0 Å². The molecule has 1 unspecified atom stereocenters. The van der Waals surface area contributed by atoms with Crippen LogP contribution in [0, 0.1) is 0 Å². The standard InChI is InChI=1S/C9HF17O3/c10-2(11,1(27)28)6(18,8(22,23)24)29-9(25,26)5(16,17)3(12,13)4(14,15)7(19,20)21/h(H,27,28). The molecular formula is C9HF17O3. The highest BCUT2D eigenvalue weighted by atomic mass is 19.4. The van der Waals surface area contributed by atoms with Gasteiger partial charge in [-0.3, -0.25) is 4.74 Å². The number of hydrogen-bond acceptors (Lipinski definition) is 2. The molecule has 0 saturated heterocycles. The molecule has 1 N–H and O–H groups in total. The van der Waals surface area contributed by atoms with Crippen molar-refractivity contribution < 1.29 is 89.3 Å². The van der Waals surface area contributed by atoms with Crippen LogP contribution in [0.4, 0.5) is 74.6 Å². The largest absolute Gasteiger partial charge is 0.477 e. The van der Waals surface area contributed by atoms with E-state index in [1.54, 1.807) is 0 Å². The van der Waals surface area contributed by atoms with Crippen LogP contribution in [0.25, 0.3) is 0 Å². The van der Waals surface area contributed by atoms with Gasteiger partial charge in [0.2, 0.25) is 0 Å². The predicted octanol–water partition coefficient (Wildman–Crippen LogP) is 5.01. The van der Waals surface area contributed by atoms with E-state index >= 15 is 0 Å². The van der Waals surface area contributed by atoms with Crippen LogP contribution in [0.15, 0.2) is 0 Å². The van der Waals surface area contributed by atoms with E-state index < -0.39 is 54.0 Å². The molecule has 0 rings (SSSR count). The molecule has 0 amide bonds. The van der Waals surface area contributed by atoms with Crippen molar-refractivity contribution in [1.29, 1.82) is 0 Å². The summed E-state index contributed by atoms with van der Waals surface area (Å²) >= 11 is 0. The van der Waals surface area contributed by atoms with Crippen molar-refractivity contribution in [3.63, 3.8) is 0 Å². The maximum atomic E-state index is 13.3. The van der Waals surface area contributed by atoms with E-state index in [4.69, 9.17) is 5.11 Å². The van der Waals surface area contributed by atoms with Gasteiger partial charge in [-0.05, 0) is 0 Å². The molecule has 0 saturated carbocycles. The first-order chi connectivity index (χ1) is 12.2. The Kier molecular flexibility index (Phi) is 6.22. The highest BCUT2D eigenvalue weighted by molar-refractivity contribution is 5.77. The Morgan fingerprint density at radius 1 is 0.552 bits per heavy atom. The lowest BCUT2D eigenvalue weighted by Crippen LogP contribution is -2.70. The normalized spacial score (nSPS) is 17.8. The molecule has 0 aromatic heterocycles. The van der Waals surface area contributed by atoms with Crippen LogP contribution < -0.4 is 0 Å². The average Bonchev–Trinajstić information content (AvgIpc) is 2.43. The fraction of sp³-hybridized carbons (Fsp3) is 0.889. The van der Waals surface area contributed by atoms with Gasteiger partial charge in [0.15, 0.2) is 0 Å². The molecule has 3 nitrogen and oxygen atoms in total. The zero-order chi connectivity index (χ0) is 24.3. The summed E-state index contributed by atoms with van der Waals surface area (Å²) in [5.74, 6) is -44.5. The fourth-order valence-corrected chi connectivity index (χ4v) is 1.24. The Hall–Kier alpha value is -1.76. The van der Waals surface area contributed by atoms with Gasteiger partial charge in [0, 0.05) is 0 Å². The van der Waals surface area contributed by atoms with Gasteiger partial charge in [-0.1, -0.05) is 0 Å². The first-order valence-electron chi connectivity index (χ1n) is 5.80. The first-order valence-corrected chi connectivity index (χ1v) is 5.80. The quantitative estimate of drug-likeness (QED) is 0.522. The molecule has 0 aromatic rings. The molecule has 0 aliphatic rings. The van der Waals surface area contributed by atoms with E-state index in [0.29, 0.717) is 0 Å². The summed E-state index contributed by atoms with van der Waals surface area (Å²) in [4.78, 5) is 9.92. The van der Waals surface area contributed by atoms with E-state index in [0.717, 1.165) is 0 Å². The second-order valence-corrected chi connectivity index (χ2v) is 4.81. The van der Waals surface area contributed by atoms with Gasteiger partial charge in [-0.25, -0.2) is 4.79 Å². The zero-order valence-electron chi connectivity index (χ0n) is 12.2. The highest BCUT2D eigenvalue weighted by Crippen LogP contribution is 2.60. The molecule has 1 atom stereocenters. The minimum absolute atomic E-state index is 1.19. The van der Waals surface area contributed by atoms with Crippen LogP contribution in [-0.2, 0) is 9.53 Å². The molecule has 0 aromatic carbocycles. The topological polar surface area (TPSA) is 46.5 Å². The van der Waals surface area contributed by atoms with Crippen LogP contribution in [0.5, 0.6) is 0 Å². The number of halogens is 17. The Bertz CT molecular complexity index is 631. The Balaban J connectivity index is 6.65. The number of carboxylic acid groups (broad SMARTS) is 1. The average molecular weight is 480 g/mol. The number of rotatable bonds is 7. The second-order valence-electron chi connectivity index (χ2n) is 4.81. The third kappa shape index (κ3) is 3.74. The molecule has 0 bridgehead atoms. The number of carbonyl (C=O) groups is 1. The van der Waals surface area contributed by atoms with E-state index in [1.165, 1.54) is 4.74 Å².